The van der Waals surface area contributed by atoms with Crippen molar-refractivity contribution in [1.29, 1.82) is 0 Å². The Bertz CT molecular complexity index is 568. The van der Waals surface area contributed by atoms with Gasteiger partial charge in [0, 0.05) is 10.0 Å². The lowest BCUT2D eigenvalue weighted by atomic mass is 10.0. The van der Waals surface area contributed by atoms with E-state index in [0.717, 1.165) is 0 Å². The average molecular weight is 314 g/mol. The van der Waals surface area contributed by atoms with Crippen LogP contribution in [0.2, 0.25) is 0 Å². The van der Waals surface area contributed by atoms with E-state index in [2.05, 4.69) is 26.1 Å². The molecule has 1 atom stereocenters. The third kappa shape index (κ3) is 2.44. The molecule has 18 heavy (non-hydrogen) atoms. The maximum absolute atomic E-state index is 13.2. The molecular weight excluding hydrogens is 301 g/mol. The lowest BCUT2D eigenvalue weighted by Gasteiger charge is -2.16. The number of hydrogen-bond acceptors (Lipinski definition) is 4. The van der Waals surface area contributed by atoms with Gasteiger partial charge in [-0.1, -0.05) is 28.0 Å². The molecule has 2 rings (SSSR count). The second-order valence-corrected chi connectivity index (χ2v) is 5.17. The first kappa shape index (κ1) is 13.2. The van der Waals surface area contributed by atoms with Gasteiger partial charge in [0.15, 0.2) is 0 Å². The predicted molar refractivity (Wildman–Crippen MR) is 69.2 cm³/mol. The van der Waals surface area contributed by atoms with Crippen molar-refractivity contribution >= 4 is 15.9 Å². The summed E-state index contributed by atoms with van der Waals surface area (Å²) in [6, 6.07) is 4.30. The molecule has 0 aliphatic heterocycles. The molecule has 2 N–H and O–H groups in total. The van der Waals surface area contributed by atoms with Crippen LogP contribution < -0.4 is 5.73 Å². The number of nitrogens with zero attached hydrogens (tertiary/aromatic N) is 2. The average Bonchev–Trinajstić information content (AvgIpc) is 2.82. The second-order valence-electron chi connectivity index (χ2n) is 4.32. The second kappa shape index (κ2) is 4.78. The highest BCUT2D eigenvalue weighted by Crippen LogP contribution is 2.28. The van der Waals surface area contributed by atoms with Crippen LogP contribution in [0.3, 0.4) is 0 Å². The van der Waals surface area contributed by atoms with E-state index in [1.165, 1.54) is 12.1 Å². The molecule has 4 nitrogen and oxygen atoms in total. The number of nitrogens with two attached hydrogens (primary N) is 1. The molecule has 0 amide bonds. The highest BCUT2D eigenvalue weighted by Gasteiger charge is 2.26. The maximum atomic E-state index is 13.2. The largest absolute Gasteiger partial charge is 0.337 e. The van der Waals surface area contributed by atoms with Gasteiger partial charge in [-0.3, -0.25) is 0 Å². The van der Waals surface area contributed by atoms with Crippen molar-refractivity contribution in [2.75, 3.05) is 0 Å². The van der Waals surface area contributed by atoms with Crippen LogP contribution in [0.4, 0.5) is 4.39 Å². The van der Waals surface area contributed by atoms with E-state index in [9.17, 15) is 4.39 Å². The molecule has 2 aromatic rings. The number of rotatable bonds is 3. The van der Waals surface area contributed by atoms with Gasteiger partial charge in [-0.05, 0) is 31.5 Å². The van der Waals surface area contributed by atoms with Crippen LogP contribution in [0.5, 0.6) is 0 Å². The van der Waals surface area contributed by atoms with Crippen LogP contribution in [0.25, 0.3) is 11.4 Å². The van der Waals surface area contributed by atoms with Crippen molar-refractivity contribution in [1.82, 2.24) is 10.1 Å². The smallest absolute Gasteiger partial charge is 0.246 e. The van der Waals surface area contributed by atoms with Gasteiger partial charge >= 0.3 is 0 Å². The molecule has 0 aliphatic carbocycles. The topological polar surface area (TPSA) is 64.9 Å². The van der Waals surface area contributed by atoms with E-state index < -0.39 is 5.54 Å². The van der Waals surface area contributed by atoms with E-state index in [1.807, 2.05) is 13.8 Å². The summed E-state index contributed by atoms with van der Waals surface area (Å²) in [4.78, 5) is 4.23. The van der Waals surface area contributed by atoms with Crippen molar-refractivity contribution in [2.24, 2.45) is 5.73 Å². The lowest BCUT2D eigenvalue weighted by molar-refractivity contribution is 0.291. The Kier molecular flexibility index (Phi) is 3.49. The van der Waals surface area contributed by atoms with Gasteiger partial charge in [-0.15, -0.1) is 0 Å². The molecule has 1 unspecified atom stereocenters. The summed E-state index contributed by atoms with van der Waals surface area (Å²) in [5, 5.41) is 3.84. The van der Waals surface area contributed by atoms with Gasteiger partial charge in [-0.2, -0.15) is 4.98 Å². The molecule has 6 heteroatoms. The van der Waals surface area contributed by atoms with Crippen molar-refractivity contribution in [2.45, 2.75) is 25.8 Å². The van der Waals surface area contributed by atoms with Crippen LogP contribution in [0.1, 0.15) is 26.2 Å². The molecular formula is C12H13BrFN3O. The Balaban J connectivity index is 2.44. The summed E-state index contributed by atoms with van der Waals surface area (Å²) in [5.41, 5.74) is 5.88. The fraction of sp³-hybridized carbons (Fsp3) is 0.333. The molecule has 0 fully saturated rings. The first-order valence-electron chi connectivity index (χ1n) is 5.52. The molecule has 0 bridgehead atoms. The molecule has 0 aliphatic rings. The summed E-state index contributed by atoms with van der Waals surface area (Å²) in [7, 11) is 0. The van der Waals surface area contributed by atoms with Gasteiger partial charge in [0.25, 0.3) is 0 Å². The highest BCUT2D eigenvalue weighted by atomic mass is 79.9. The van der Waals surface area contributed by atoms with Gasteiger partial charge in [-0.25, -0.2) is 4.39 Å². The predicted octanol–water partition coefficient (Wildman–Crippen LogP) is 3.22. The zero-order valence-corrected chi connectivity index (χ0v) is 11.7. The Morgan fingerprint density at radius 1 is 1.50 bits per heavy atom. The molecule has 1 aromatic heterocycles. The van der Waals surface area contributed by atoms with Gasteiger partial charge < -0.3 is 10.3 Å². The fourth-order valence-electron chi connectivity index (χ4n) is 1.38. The molecule has 0 radical (unpaired) electrons. The van der Waals surface area contributed by atoms with Gasteiger partial charge in [0.1, 0.15) is 5.82 Å². The molecule has 96 valence electrons. The van der Waals surface area contributed by atoms with Crippen LogP contribution >= 0.6 is 15.9 Å². The van der Waals surface area contributed by atoms with E-state index in [1.54, 1.807) is 6.07 Å². The summed E-state index contributed by atoms with van der Waals surface area (Å²) in [5.74, 6) is 0.309. The maximum Gasteiger partial charge on any atom is 0.246 e. The van der Waals surface area contributed by atoms with E-state index in [0.29, 0.717) is 28.2 Å². The SMILES string of the molecule is CCC(C)(N)c1nc(-c2cc(F)ccc2Br)no1. The Morgan fingerprint density at radius 3 is 2.89 bits per heavy atom. The first-order valence-corrected chi connectivity index (χ1v) is 6.32. The summed E-state index contributed by atoms with van der Waals surface area (Å²) in [6.45, 7) is 3.74. The Labute approximate surface area is 113 Å². The van der Waals surface area contributed by atoms with Crippen LogP contribution in [0, 0.1) is 5.82 Å². The number of benzene rings is 1. The summed E-state index contributed by atoms with van der Waals surface area (Å²) in [6.07, 6.45) is 0.666. The van der Waals surface area contributed by atoms with Crippen LogP contribution in [0.15, 0.2) is 27.2 Å². The molecule has 0 saturated heterocycles. The molecule has 0 spiro atoms. The van der Waals surface area contributed by atoms with Crippen molar-refractivity contribution in [3.05, 3.63) is 34.4 Å². The minimum Gasteiger partial charge on any atom is -0.337 e. The molecule has 0 saturated carbocycles. The number of halogens is 2. The van der Waals surface area contributed by atoms with Crippen LogP contribution in [-0.2, 0) is 5.54 Å². The zero-order chi connectivity index (χ0) is 13.3. The lowest BCUT2D eigenvalue weighted by Crippen LogP contribution is -2.32. The third-order valence-electron chi connectivity index (χ3n) is 2.82. The standard InChI is InChI=1S/C12H13BrFN3O/c1-3-12(2,15)11-16-10(17-18-11)8-6-7(14)4-5-9(8)13/h4-6H,3,15H2,1-2H3. The zero-order valence-electron chi connectivity index (χ0n) is 10.1. The minimum atomic E-state index is -0.676. The van der Waals surface area contributed by atoms with Crippen molar-refractivity contribution in [3.8, 4) is 11.4 Å². The van der Waals surface area contributed by atoms with Crippen molar-refractivity contribution in [3.63, 3.8) is 0 Å². The Hall–Kier alpha value is -1.27. The summed E-state index contributed by atoms with van der Waals surface area (Å²) >= 11 is 3.32. The quantitative estimate of drug-likeness (QED) is 0.944. The molecule has 1 heterocycles. The highest BCUT2D eigenvalue weighted by molar-refractivity contribution is 9.10. The summed E-state index contributed by atoms with van der Waals surface area (Å²) < 4.78 is 19.0. The Morgan fingerprint density at radius 2 is 2.22 bits per heavy atom. The molecule has 1 aromatic carbocycles. The number of aromatic nitrogens is 2. The van der Waals surface area contributed by atoms with E-state index >= 15 is 0 Å². The fourth-order valence-corrected chi connectivity index (χ4v) is 1.81. The minimum absolute atomic E-state index is 0.321. The number of hydrogen-bond donors (Lipinski definition) is 1. The monoisotopic (exact) mass is 313 g/mol. The normalized spacial score (nSPS) is 14.5. The van der Waals surface area contributed by atoms with Crippen LogP contribution in [-0.4, -0.2) is 10.1 Å². The van der Waals surface area contributed by atoms with Crippen molar-refractivity contribution < 1.29 is 8.91 Å². The van der Waals surface area contributed by atoms with E-state index in [-0.39, 0.29) is 5.82 Å². The van der Waals surface area contributed by atoms with E-state index in [4.69, 9.17) is 10.3 Å². The van der Waals surface area contributed by atoms with Gasteiger partial charge in [0.05, 0.1) is 5.54 Å². The first-order chi connectivity index (χ1) is 8.44. The van der Waals surface area contributed by atoms with Gasteiger partial charge in [0.2, 0.25) is 11.7 Å². The third-order valence-corrected chi connectivity index (χ3v) is 3.51.